The van der Waals surface area contributed by atoms with Gasteiger partial charge in [-0.25, -0.2) is 0 Å². The second-order valence-electron chi connectivity index (χ2n) is 4.76. The lowest BCUT2D eigenvalue weighted by atomic mass is 10.0. The highest BCUT2D eigenvalue weighted by molar-refractivity contribution is 7.98. The highest BCUT2D eigenvalue weighted by atomic mass is 32.2. The van der Waals surface area contributed by atoms with Gasteiger partial charge in [-0.05, 0) is 43.4 Å². The molecular weight excluding hydrogens is 238 g/mol. The summed E-state index contributed by atoms with van der Waals surface area (Å²) in [5.74, 6) is 1.30. The molecule has 1 nitrogen and oxygen atoms in total. The predicted molar refractivity (Wildman–Crippen MR) is 84.3 cm³/mol. The lowest BCUT2D eigenvalue weighted by Gasteiger charge is -2.19. The molecule has 0 fully saturated rings. The predicted octanol–water partition coefficient (Wildman–Crippen LogP) is 4.65. The van der Waals surface area contributed by atoms with Crippen LogP contribution in [-0.4, -0.2) is 18.6 Å². The minimum atomic E-state index is 0.542. The summed E-state index contributed by atoms with van der Waals surface area (Å²) in [5.41, 5.74) is 1.44. The molecule has 1 rings (SSSR count). The number of hydrogen-bond donors (Lipinski definition) is 1. The molecule has 1 atom stereocenters. The number of benzene rings is 1. The molecule has 0 saturated heterocycles. The molecular formula is C16H27NS. The van der Waals surface area contributed by atoms with Gasteiger partial charge in [0.1, 0.15) is 0 Å². The molecule has 0 radical (unpaired) electrons. The molecule has 0 aliphatic heterocycles. The quantitative estimate of drug-likeness (QED) is 0.618. The Balaban J connectivity index is 2.36. The van der Waals surface area contributed by atoms with E-state index in [4.69, 9.17) is 0 Å². The second kappa shape index (κ2) is 10.5. The van der Waals surface area contributed by atoms with Gasteiger partial charge in [0.25, 0.3) is 0 Å². The molecule has 0 saturated carbocycles. The van der Waals surface area contributed by atoms with Crippen LogP contribution in [0.4, 0.5) is 0 Å². The summed E-state index contributed by atoms with van der Waals surface area (Å²) in [6.45, 7) is 3.35. The normalized spacial score (nSPS) is 12.6. The van der Waals surface area contributed by atoms with Gasteiger partial charge in [-0.3, -0.25) is 0 Å². The molecule has 0 amide bonds. The molecule has 18 heavy (non-hydrogen) atoms. The zero-order valence-corrected chi connectivity index (χ0v) is 12.6. The van der Waals surface area contributed by atoms with Crippen LogP contribution in [0.5, 0.6) is 0 Å². The van der Waals surface area contributed by atoms with E-state index in [2.05, 4.69) is 48.8 Å². The van der Waals surface area contributed by atoms with Crippen LogP contribution in [0.2, 0.25) is 0 Å². The molecule has 0 heterocycles. The summed E-state index contributed by atoms with van der Waals surface area (Å²) >= 11 is 1.96. The van der Waals surface area contributed by atoms with Gasteiger partial charge in [-0.1, -0.05) is 50.1 Å². The molecule has 1 unspecified atom stereocenters. The van der Waals surface area contributed by atoms with Gasteiger partial charge in [0.15, 0.2) is 0 Å². The lowest BCUT2D eigenvalue weighted by Crippen LogP contribution is -2.22. The van der Waals surface area contributed by atoms with E-state index in [0.717, 1.165) is 6.54 Å². The van der Waals surface area contributed by atoms with E-state index in [9.17, 15) is 0 Å². The van der Waals surface area contributed by atoms with E-state index in [1.165, 1.54) is 43.4 Å². The van der Waals surface area contributed by atoms with Crippen molar-refractivity contribution in [1.82, 2.24) is 5.32 Å². The molecule has 1 aromatic rings. The standard InChI is InChI=1S/C16H27NS/c1-3-13-17-16(12-8-5-9-14-18-2)15-10-6-4-7-11-15/h4,6-7,10-11,16-17H,3,5,8-9,12-14H2,1-2H3. The number of rotatable bonds is 10. The highest BCUT2D eigenvalue weighted by Gasteiger charge is 2.09. The first-order valence-electron chi connectivity index (χ1n) is 7.15. The first-order chi connectivity index (χ1) is 8.88. The number of nitrogens with one attached hydrogen (secondary N) is 1. The number of thioether (sulfide) groups is 1. The summed E-state index contributed by atoms with van der Waals surface area (Å²) < 4.78 is 0. The van der Waals surface area contributed by atoms with E-state index in [0.29, 0.717) is 6.04 Å². The Labute approximate surface area is 117 Å². The van der Waals surface area contributed by atoms with E-state index in [1.807, 2.05) is 11.8 Å². The minimum absolute atomic E-state index is 0.542. The molecule has 2 heteroatoms. The fourth-order valence-corrected chi connectivity index (χ4v) is 2.65. The molecule has 0 spiro atoms. The van der Waals surface area contributed by atoms with Gasteiger partial charge < -0.3 is 5.32 Å². The summed E-state index contributed by atoms with van der Waals surface area (Å²) in [6.07, 6.45) is 8.70. The zero-order chi connectivity index (χ0) is 13.1. The van der Waals surface area contributed by atoms with Crippen molar-refractivity contribution in [3.8, 4) is 0 Å². The van der Waals surface area contributed by atoms with Crippen molar-refractivity contribution < 1.29 is 0 Å². The van der Waals surface area contributed by atoms with Crippen LogP contribution >= 0.6 is 11.8 Å². The first kappa shape index (κ1) is 15.6. The first-order valence-corrected chi connectivity index (χ1v) is 8.55. The monoisotopic (exact) mass is 265 g/mol. The molecule has 1 N–H and O–H groups in total. The van der Waals surface area contributed by atoms with E-state index in [-0.39, 0.29) is 0 Å². The van der Waals surface area contributed by atoms with Gasteiger partial charge in [-0.2, -0.15) is 11.8 Å². The molecule has 102 valence electrons. The fourth-order valence-electron chi connectivity index (χ4n) is 2.16. The van der Waals surface area contributed by atoms with Crippen LogP contribution in [-0.2, 0) is 0 Å². The molecule has 1 aromatic carbocycles. The second-order valence-corrected chi connectivity index (χ2v) is 5.75. The molecule has 0 aliphatic carbocycles. The Hall–Kier alpha value is -0.470. The largest absolute Gasteiger partial charge is 0.310 e. The maximum Gasteiger partial charge on any atom is 0.0320 e. The summed E-state index contributed by atoms with van der Waals surface area (Å²) in [4.78, 5) is 0. The summed E-state index contributed by atoms with van der Waals surface area (Å²) in [7, 11) is 0. The van der Waals surface area contributed by atoms with Crippen LogP contribution in [0, 0.1) is 0 Å². The van der Waals surface area contributed by atoms with Gasteiger partial charge in [0.05, 0.1) is 0 Å². The van der Waals surface area contributed by atoms with Gasteiger partial charge in [-0.15, -0.1) is 0 Å². The summed E-state index contributed by atoms with van der Waals surface area (Å²) in [6, 6.07) is 11.4. The van der Waals surface area contributed by atoms with Crippen molar-refractivity contribution in [3.05, 3.63) is 35.9 Å². The van der Waals surface area contributed by atoms with Gasteiger partial charge in [0, 0.05) is 6.04 Å². The SMILES string of the molecule is CCCNC(CCCCCSC)c1ccccc1. The molecule has 0 aromatic heterocycles. The number of hydrogen-bond acceptors (Lipinski definition) is 2. The third kappa shape index (κ3) is 6.46. The topological polar surface area (TPSA) is 12.0 Å². The Morgan fingerprint density at radius 2 is 1.89 bits per heavy atom. The van der Waals surface area contributed by atoms with E-state index < -0.39 is 0 Å². The van der Waals surface area contributed by atoms with E-state index >= 15 is 0 Å². The average Bonchev–Trinajstić information content (AvgIpc) is 2.43. The molecule has 0 bridgehead atoms. The number of unbranched alkanes of at least 4 members (excludes halogenated alkanes) is 2. The smallest absolute Gasteiger partial charge is 0.0320 e. The Morgan fingerprint density at radius 3 is 2.56 bits per heavy atom. The van der Waals surface area contributed by atoms with Crippen molar-refractivity contribution in [2.75, 3.05) is 18.6 Å². The van der Waals surface area contributed by atoms with Crippen LogP contribution in [0.25, 0.3) is 0 Å². The lowest BCUT2D eigenvalue weighted by molar-refractivity contribution is 0.475. The third-order valence-electron chi connectivity index (χ3n) is 3.18. The van der Waals surface area contributed by atoms with Crippen molar-refractivity contribution >= 4 is 11.8 Å². The van der Waals surface area contributed by atoms with Crippen LogP contribution in [0.3, 0.4) is 0 Å². The highest BCUT2D eigenvalue weighted by Crippen LogP contribution is 2.20. The van der Waals surface area contributed by atoms with E-state index in [1.54, 1.807) is 0 Å². The Morgan fingerprint density at radius 1 is 1.11 bits per heavy atom. The van der Waals surface area contributed by atoms with Crippen LogP contribution < -0.4 is 5.32 Å². The Bertz CT molecular complexity index is 286. The average molecular weight is 265 g/mol. The molecule has 0 aliphatic rings. The maximum atomic E-state index is 3.67. The van der Waals surface area contributed by atoms with Crippen LogP contribution in [0.15, 0.2) is 30.3 Å². The van der Waals surface area contributed by atoms with Crippen molar-refractivity contribution in [2.45, 2.75) is 45.1 Å². The Kier molecular flexibility index (Phi) is 9.05. The van der Waals surface area contributed by atoms with Gasteiger partial charge in [0.2, 0.25) is 0 Å². The van der Waals surface area contributed by atoms with Crippen LogP contribution in [0.1, 0.15) is 50.6 Å². The third-order valence-corrected chi connectivity index (χ3v) is 3.88. The maximum absolute atomic E-state index is 3.67. The summed E-state index contributed by atoms with van der Waals surface area (Å²) in [5, 5.41) is 3.67. The van der Waals surface area contributed by atoms with Crippen molar-refractivity contribution in [3.63, 3.8) is 0 Å². The van der Waals surface area contributed by atoms with Crippen molar-refractivity contribution in [2.24, 2.45) is 0 Å². The fraction of sp³-hybridized carbons (Fsp3) is 0.625. The van der Waals surface area contributed by atoms with Gasteiger partial charge >= 0.3 is 0 Å². The minimum Gasteiger partial charge on any atom is -0.310 e. The zero-order valence-electron chi connectivity index (χ0n) is 11.8. The van der Waals surface area contributed by atoms with Crippen molar-refractivity contribution in [1.29, 1.82) is 0 Å².